The zero-order chi connectivity index (χ0) is 53.6. The van der Waals surface area contributed by atoms with Crippen molar-refractivity contribution in [2.45, 2.75) is 367 Å². The highest BCUT2D eigenvalue weighted by atomic mass is 16.6. The van der Waals surface area contributed by atoms with E-state index in [2.05, 4.69) is 57.2 Å². The first-order valence-electron chi connectivity index (χ1n) is 33.0. The fraction of sp³-hybridized carbons (Fsp3) is 0.868. The average Bonchev–Trinajstić information content (AvgIpc) is 3.40. The number of carbonyl (C=O) groups excluding carboxylic acids is 3. The minimum Gasteiger partial charge on any atom is -0.462 e. The van der Waals surface area contributed by atoms with E-state index < -0.39 is 6.10 Å². The molecule has 0 rings (SSSR count). The number of allylic oxidation sites excluding steroid dienone is 6. The van der Waals surface area contributed by atoms with Crippen LogP contribution < -0.4 is 0 Å². The summed E-state index contributed by atoms with van der Waals surface area (Å²) in [6.07, 6.45) is 77.3. The molecule has 0 aromatic carbocycles. The Balaban J connectivity index is 4.26. The molecule has 0 radical (unpaired) electrons. The zero-order valence-electron chi connectivity index (χ0n) is 49.9. The first kappa shape index (κ1) is 71.6. The molecule has 0 spiro atoms. The van der Waals surface area contributed by atoms with Gasteiger partial charge in [-0.1, -0.05) is 301 Å². The lowest BCUT2D eigenvalue weighted by Crippen LogP contribution is -2.30. The molecule has 0 aromatic heterocycles. The number of hydrogen-bond acceptors (Lipinski definition) is 6. The molecule has 74 heavy (non-hydrogen) atoms. The molecular weight excluding hydrogens is 913 g/mol. The largest absolute Gasteiger partial charge is 0.462 e. The van der Waals surface area contributed by atoms with Gasteiger partial charge in [0.25, 0.3) is 0 Å². The molecule has 0 bridgehead atoms. The molecular formula is C68H126O6. The summed E-state index contributed by atoms with van der Waals surface area (Å²) in [4.78, 5) is 38.3. The molecule has 0 aliphatic heterocycles. The molecule has 0 amide bonds. The second kappa shape index (κ2) is 63.2. The summed E-state index contributed by atoms with van der Waals surface area (Å²) >= 11 is 0. The van der Waals surface area contributed by atoms with Gasteiger partial charge in [-0.05, 0) is 77.0 Å². The second-order valence-corrected chi connectivity index (χ2v) is 22.4. The third kappa shape index (κ3) is 60.5. The first-order valence-corrected chi connectivity index (χ1v) is 33.0. The van der Waals surface area contributed by atoms with Gasteiger partial charge in [0, 0.05) is 19.3 Å². The molecule has 0 N–H and O–H groups in total. The summed E-state index contributed by atoms with van der Waals surface area (Å²) in [5, 5.41) is 0. The highest BCUT2D eigenvalue weighted by Crippen LogP contribution is 2.17. The normalized spacial score (nSPS) is 12.2. The Morgan fingerprint density at radius 3 is 0.757 bits per heavy atom. The van der Waals surface area contributed by atoms with E-state index in [4.69, 9.17) is 14.2 Å². The molecule has 0 aromatic rings. The number of ether oxygens (including phenoxy) is 3. The van der Waals surface area contributed by atoms with Crippen LogP contribution >= 0.6 is 0 Å². The van der Waals surface area contributed by atoms with E-state index in [1.165, 1.54) is 257 Å². The minimum atomic E-state index is -0.772. The van der Waals surface area contributed by atoms with Crippen LogP contribution in [-0.2, 0) is 28.6 Å². The molecule has 6 nitrogen and oxygen atoms in total. The van der Waals surface area contributed by atoms with Crippen molar-refractivity contribution in [2.75, 3.05) is 13.2 Å². The van der Waals surface area contributed by atoms with E-state index in [1.54, 1.807) is 0 Å². The SMILES string of the molecule is CCCCCCC/C=C\C/C=C\CCCCCCCCCCCC(=O)OC(COC(=O)CCCCCCCCCCCCCC)COC(=O)CCCCCCCCCCCCC/C=C\CCCCCCCCCC. The monoisotopic (exact) mass is 1040 g/mol. The van der Waals surface area contributed by atoms with E-state index in [9.17, 15) is 14.4 Å². The quantitative estimate of drug-likeness (QED) is 0.0261. The van der Waals surface area contributed by atoms with E-state index >= 15 is 0 Å². The lowest BCUT2D eigenvalue weighted by molar-refractivity contribution is -0.167. The van der Waals surface area contributed by atoms with Crippen LogP contribution in [0, 0.1) is 0 Å². The predicted molar refractivity (Wildman–Crippen MR) is 321 cm³/mol. The standard InChI is InChI=1S/C68H126O6/c1-4-7-10-13-16-19-22-25-27-29-31-33-34-36-37-39-41-43-46-49-52-55-58-61-67(70)73-64-65(63-72-66(69)60-57-54-51-48-45-24-21-18-15-12-9-6-3)74-68(71)62-59-56-53-50-47-44-42-40-38-35-32-30-28-26-23-20-17-14-11-8-5-2/h23,26,29-32,65H,4-22,24-25,27-28,33-64H2,1-3H3/b26-23-,31-29-,32-30-. The van der Waals surface area contributed by atoms with E-state index in [0.29, 0.717) is 19.3 Å². The Labute approximate surface area is 461 Å². The van der Waals surface area contributed by atoms with Crippen LogP contribution in [-0.4, -0.2) is 37.2 Å². The van der Waals surface area contributed by atoms with Crippen molar-refractivity contribution in [2.24, 2.45) is 0 Å². The second-order valence-electron chi connectivity index (χ2n) is 22.4. The molecule has 0 heterocycles. The number of unbranched alkanes of at least 4 members (excludes halogenated alkanes) is 44. The summed E-state index contributed by atoms with van der Waals surface area (Å²) in [5.74, 6) is -0.851. The van der Waals surface area contributed by atoms with Gasteiger partial charge in [0.2, 0.25) is 0 Å². The van der Waals surface area contributed by atoms with Gasteiger partial charge in [0.05, 0.1) is 0 Å². The van der Waals surface area contributed by atoms with Crippen LogP contribution in [0.15, 0.2) is 36.5 Å². The van der Waals surface area contributed by atoms with Crippen molar-refractivity contribution in [1.82, 2.24) is 0 Å². The predicted octanol–water partition coefficient (Wildman–Crippen LogP) is 22.4. The molecule has 0 saturated heterocycles. The lowest BCUT2D eigenvalue weighted by atomic mass is 10.0. The molecule has 1 atom stereocenters. The number of esters is 3. The Kier molecular flexibility index (Phi) is 61.1. The van der Waals surface area contributed by atoms with Gasteiger partial charge in [-0.15, -0.1) is 0 Å². The van der Waals surface area contributed by atoms with Crippen molar-refractivity contribution in [3.8, 4) is 0 Å². The first-order chi connectivity index (χ1) is 36.5. The summed E-state index contributed by atoms with van der Waals surface area (Å²) < 4.78 is 16.9. The maximum atomic E-state index is 12.9. The van der Waals surface area contributed by atoms with Gasteiger partial charge in [-0.3, -0.25) is 14.4 Å². The number of rotatable bonds is 61. The molecule has 1 unspecified atom stereocenters. The van der Waals surface area contributed by atoms with E-state index in [-0.39, 0.29) is 31.1 Å². The maximum absolute atomic E-state index is 12.9. The van der Waals surface area contributed by atoms with Gasteiger partial charge in [-0.2, -0.15) is 0 Å². The highest BCUT2D eigenvalue weighted by molar-refractivity contribution is 5.71. The molecule has 0 aliphatic carbocycles. The van der Waals surface area contributed by atoms with Crippen molar-refractivity contribution < 1.29 is 28.6 Å². The number of hydrogen-bond donors (Lipinski definition) is 0. The van der Waals surface area contributed by atoms with Crippen LogP contribution in [0.2, 0.25) is 0 Å². The summed E-state index contributed by atoms with van der Waals surface area (Å²) in [7, 11) is 0. The van der Waals surface area contributed by atoms with E-state index in [0.717, 1.165) is 64.2 Å². The van der Waals surface area contributed by atoms with Gasteiger partial charge in [0.1, 0.15) is 13.2 Å². The van der Waals surface area contributed by atoms with Gasteiger partial charge in [0.15, 0.2) is 6.10 Å². The van der Waals surface area contributed by atoms with Crippen LogP contribution in [0.3, 0.4) is 0 Å². The highest BCUT2D eigenvalue weighted by Gasteiger charge is 2.19. The Hall–Kier alpha value is -2.37. The zero-order valence-corrected chi connectivity index (χ0v) is 49.9. The fourth-order valence-electron chi connectivity index (χ4n) is 9.88. The van der Waals surface area contributed by atoms with Crippen LogP contribution in [0.4, 0.5) is 0 Å². The van der Waals surface area contributed by atoms with Gasteiger partial charge < -0.3 is 14.2 Å². The topological polar surface area (TPSA) is 78.9 Å². The molecule has 434 valence electrons. The molecule has 0 fully saturated rings. The van der Waals surface area contributed by atoms with Crippen molar-refractivity contribution in [3.05, 3.63) is 36.5 Å². The molecule has 0 saturated carbocycles. The van der Waals surface area contributed by atoms with E-state index in [1.807, 2.05) is 0 Å². The fourth-order valence-corrected chi connectivity index (χ4v) is 9.88. The Morgan fingerprint density at radius 2 is 0.486 bits per heavy atom. The third-order valence-corrected chi connectivity index (χ3v) is 14.9. The Bertz CT molecular complexity index is 1240. The van der Waals surface area contributed by atoms with Gasteiger partial charge >= 0.3 is 17.9 Å². The van der Waals surface area contributed by atoms with Crippen molar-refractivity contribution in [1.29, 1.82) is 0 Å². The average molecular weight is 1040 g/mol. The smallest absolute Gasteiger partial charge is 0.306 e. The van der Waals surface area contributed by atoms with Crippen LogP contribution in [0.5, 0.6) is 0 Å². The lowest BCUT2D eigenvalue weighted by Gasteiger charge is -2.18. The van der Waals surface area contributed by atoms with Crippen molar-refractivity contribution in [3.63, 3.8) is 0 Å². The molecule has 0 aliphatic rings. The Morgan fingerprint density at radius 1 is 0.270 bits per heavy atom. The number of carbonyl (C=O) groups is 3. The third-order valence-electron chi connectivity index (χ3n) is 14.9. The van der Waals surface area contributed by atoms with Crippen LogP contribution in [0.1, 0.15) is 361 Å². The molecule has 6 heteroatoms. The van der Waals surface area contributed by atoms with Crippen molar-refractivity contribution >= 4 is 17.9 Å². The minimum absolute atomic E-state index is 0.0696. The summed E-state index contributed by atoms with van der Waals surface area (Å²) in [5.41, 5.74) is 0. The van der Waals surface area contributed by atoms with Crippen LogP contribution in [0.25, 0.3) is 0 Å². The maximum Gasteiger partial charge on any atom is 0.306 e. The van der Waals surface area contributed by atoms with Gasteiger partial charge in [-0.25, -0.2) is 0 Å². The summed E-state index contributed by atoms with van der Waals surface area (Å²) in [6, 6.07) is 0. The summed E-state index contributed by atoms with van der Waals surface area (Å²) in [6.45, 7) is 6.68.